The van der Waals surface area contributed by atoms with Crippen molar-refractivity contribution in [2.45, 2.75) is 20.3 Å². The molecule has 1 fully saturated rings. The van der Waals surface area contributed by atoms with Gasteiger partial charge in [0.15, 0.2) is 0 Å². The topological polar surface area (TPSA) is 75.7 Å². The molecule has 0 atom stereocenters. The van der Waals surface area contributed by atoms with E-state index in [0.29, 0.717) is 28.4 Å². The van der Waals surface area contributed by atoms with Gasteiger partial charge >= 0.3 is 6.03 Å². The predicted octanol–water partition coefficient (Wildman–Crippen LogP) is 5.83. The molecule has 0 radical (unpaired) electrons. The number of nitrogens with zero attached hydrogens (tertiary/aromatic N) is 1. The molecule has 1 heterocycles. The minimum Gasteiger partial charge on any atom is -0.496 e. The third-order valence-electron chi connectivity index (χ3n) is 5.88. The number of aryl methyl sites for hydroxylation is 2. The highest BCUT2D eigenvalue weighted by Crippen LogP contribution is 2.32. The number of halogens is 2. The normalized spacial score (nSPS) is 14.9. The third-order valence-corrected chi connectivity index (χ3v) is 7.21. The number of methoxy groups -OCH3 is 1. The van der Waals surface area contributed by atoms with Gasteiger partial charge in [0.2, 0.25) is 0 Å². The lowest BCUT2D eigenvalue weighted by atomic mass is 10.0. The van der Waals surface area contributed by atoms with Crippen molar-refractivity contribution in [2.24, 2.45) is 0 Å². The maximum atomic E-state index is 13.3. The average molecular weight is 601 g/mol. The number of carbonyl (C=O) groups excluding carboxylic acids is 3. The molecule has 1 saturated heterocycles. The van der Waals surface area contributed by atoms with Crippen molar-refractivity contribution >= 4 is 63.8 Å². The summed E-state index contributed by atoms with van der Waals surface area (Å²) in [6, 6.07) is 15.7. The van der Waals surface area contributed by atoms with E-state index in [9.17, 15) is 14.4 Å². The van der Waals surface area contributed by atoms with Crippen LogP contribution in [0.2, 0.25) is 5.02 Å². The molecule has 1 aliphatic heterocycles. The summed E-state index contributed by atoms with van der Waals surface area (Å²) in [6.45, 7) is 3.84. The van der Waals surface area contributed by atoms with Gasteiger partial charge in [-0.25, -0.2) is 9.69 Å². The molecule has 35 heavy (non-hydrogen) atoms. The molecule has 0 aliphatic carbocycles. The Hall–Kier alpha value is -3.17. The molecular weight excluding hydrogens is 579 g/mol. The summed E-state index contributed by atoms with van der Waals surface area (Å²) < 4.78 is 6.51. The Morgan fingerprint density at radius 1 is 1.03 bits per heavy atom. The Morgan fingerprint density at radius 2 is 1.77 bits per heavy atom. The van der Waals surface area contributed by atoms with Crippen LogP contribution in [0.3, 0.4) is 0 Å². The highest BCUT2D eigenvalue weighted by atomic mass is 127. The summed E-state index contributed by atoms with van der Waals surface area (Å²) in [6.07, 6.45) is 2.04. The number of rotatable bonds is 5. The maximum absolute atomic E-state index is 13.3. The van der Waals surface area contributed by atoms with Gasteiger partial charge in [0.25, 0.3) is 11.8 Å². The van der Waals surface area contributed by atoms with Crippen LogP contribution in [0, 0.1) is 17.4 Å². The van der Waals surface area contributed by atoms with Crippen LogP contribution in [0.15, 0.2) is 60.2 Å². The number of imide groups is 2. The van der Waals surface area contributed by atoms with E-state index in [1.54, 1.807) is 25.3 Å². The largest absolute Gasteiger partial charge is 0.496 e. The summed E-state index contributed by atoms with van der Waals surface area (Å²) in [7, 11) is 1.57. The fourth-order valence-corrected chi connectivity index (χ4v) is 4.84. The average Bonchev–Trinajstić information content (AvgIpc) is 2.81. The molecule has 4 amide bonds. The summed E-state index contributed by atoms with van der Waals surface area (Å²) in [5, 5.41) is 2.93. The zero-order chi connectivity index (χ0) is 25.3. The van der Waals surface area contributed by atoms with Crippen molar-refractivity contribution in [3.8, 4) is 5.75 Å². The Bertz CT molecular complexity index is 1400. The zero-order valence-electron chi connectivity index (χ0n) is 19.3. The molecule has 1 aliphatic rings. The first-order chi connectivity index (χ1) is 16.7. The fourth-order valence-electron chi connectivity index (χ4n) is 3.82. The number of barbiturate groups is 1. The summed E-state index contributed by atoms with van der Waals surface area (Å²) >= 11 is 8.54. The smallest absolute Gasteiger partial charge is 0.335 e. The molecule has 1 N–H and O–H groups in total. The van der Waals surface area contributed by atoms with E-state index in [1.165, 1.54) is 6.08 Å². The van der Waals surface area contributed by atoms with Gasteiger partial charge in [-0.15, -0.1) is 0 Å². The number of hydrogen-bond acceptors (Lipinski definition) is 4. The van der Waals surface area contributed by atoms with Crippen LogP contribution in [-0.2, 0) is 16.0 Å². The van der Waals surface area contributed by atoms with E-state index in [2.05, 4.69) is 27.9 Å². The van der Waals surface area contributed by atoms with Crippen LogP contribution in [0.4, 0.5) is 10.5 Å². The van der Waals surface area contributed by atoms with Gasteiger partial charge in [-0.2, -0.15) is 0 Å². The first-order valence-corrected chi connectivity index (χ1v) is 12.2. The standard InChI is InChI=1S/C27H22ClIN2O4/c1-15-8-9-19(10-16(15)2)31-26(33)21(25(32)30-27(31)34)11-17-12-23(29)20(24(13-17)35-3)14-18-6-4-5-7-22(18)28/h4-13H,14H2,1-3H3,(H,30,32,34)/b21-11+. The molecule has 3 aromatic rings. The van der Waals surface area contributed by atoms with Crippen LogP contribution >= 0.6 is 34.2 Å². The van der Waals surface area contributed by atoms with Gasteiger partial charge < -0.3 is 4.74 Å². The minimum absolute atomic E-state index is 0.139. The summed E-state index contributed by atoms with van der Waals surface area (Å²) in [5.41, 5.74) is 4.72. The van der Waals surface area contributed by atoms with Crippen LogP contribution in [0.5, 0.6) is 5.75 Å². The van der Waals surface area contributed by atoms with Crippen molar-refractivity contribution in [3.05, 3.63) is 96.6 Å². The van der Waals surface area contributed by atoms with Gasteiger partial charge in [0.1, 0.15) is 11.3 Å². The second-order valence-electron chi connectivity index (χ2n) is 8.18. The van der Waals surface area contributed by atoms with E-state index in [0.717, 1.165) is 30.7 Å². The van der Waals surface area contributed by atoms with E-state index in [4.69, 9.17) is 16.3 Å². The molecule has 0 saturated carbocycles. The van der Waals surface area contributed by atoms with Crippen molar-refractivity contribution < 1.29 is 19.1 Å². The number of amides is 4. The molecule has 6 nitrogen and oxygen atoms in total. The second-order valence-corrected chi connectivity index (χ2v) is 9.75. The van der Waals surface area contributed by atoms with Gasteiger partial charge in [-0.05, 0) is 95.1 Å². The Kier molecular flexibility index (Phi) is 7.28. The Labute approximate surface area is 222 Å². The number of nitrogens with one attached hydrogen (secondary N) is 1. The third kappa shape index (κ3) is 5.11. The molecule has 0 bridgehead atoms. The van der Waals surface area contributed by atoms with Crippen molar-refractivity contribution in [2.75, 3.05) is 12.0 Å². The molecule has 8 heteroatoms. The molecule has 3 aromatic carbocycles. The Morgan fingerprint density at radius 3 is 2.46 bits per heavy atom. The monoisotopic (exact) mass is 600 g/mol. The number of anilines is 1. The SMILES string of the molecule is COc1cc(/C=C2\C(=O)NC(=O)N(c3ccc(C)c(C)c3)C2=O)cc(I)c1Cc1ccccc1Cl. The van der Waals surface area contributed by atoms with Gasteiger partial charge in [-0.3, -0.25) is 14.9 Å². The van der Waals surface area contributed by atoms with E-state index in [1.807, 2.05) is 50.2 Å². The first-order valence-electron chi connectivity index (χ1n) is 10.8. The van der Waals surface area contributed by atoms with E-state index >= 15 is 0 Å². The van der Waals surface area contributed by atoms with E-state index < -0.39 is 17.8 Å². The molecular formula is C27H22ClIN2O4. The van der Waals surface area contributed by atoms with Gasteiger partial charge in [-0.1, -0.05) is 35.9 Å². The second kappa shape index (κ2) is 10.2. The zero-order valence-corrected chi connectivity index (χ0v) is 22.2. The van der Waals surface area contributed by atoms with Crippen molar-refractivity contribution in [1.29, 1.82) is 0 Å². The highest BCUT2D eigenvalue weighted by Gasteiger charge is 2.37. The fraction of sp³-hybridized carbons (Fsp3) is 0.148. The van der Waals surface area contributed by atoms with Crippen LogP contribution in [-0.4, -0.2) is 25.0 Å². The number of urea groups is 1. The lowest BCUT2D eigenvalue weighted by molar-refractivity contribution is -0.122. The van der Waals surface area contributed by atoms with Crippen LogP contribution in [0.1, 0.15) is 27.8 Å². The Balaban J connectivity index is 1.72. The lowest BCUT2D eigenvalue weighted by Gasteiger charge is -2.27. The molecule has 0 unspecified atom stereocenters. The molecule has 4 rings (SSSR count). The van der Waals surface area contributed by atoms with Crippen molar-refractivity contribution in [1.82, 2.24) is 5.32 Å². The molecule has 0 aromatic heterocycles. The predicted molar refractivity (Wildman–Crippen MR) is 145 cm³/mol. The lowest BCUT2D eigenvalue weighted by Crippen LogP contribution is -2.54. The minimum atomic E-state index is -0.775. The first kappa shape index (κ1) is 24.9. The maximum Gasteiger partial charge on any atom is 0.335 e. The number of carbonyl (C=O) groups is 3. The van der Waals surface area contributed by atoms with Crippen molar-refractivity contribution in [3.63, 3.8) is 0 Å². The number of ether oxygens (including phenoxy) is 1. The van der Waals surface area contributed by atoms with E-state index in [-0.39, 0.29) is 5.57 Å². The summed E-state index contributed by atoms with van der Waals surface area (Å²) in [4.78, 5) is 39.4. The van der Waals surface area contributed by atoms with Gasteiger partial charge in [0, 0.05) is 20.6 Å². The quantitative estimate of drug-likeness (QED) is 0.227. The molecule has 0 spiro atoms. The summed E-state index contributed by atoms with van der Waals surface area (Å²) in [5.74, 6) is -0.820. The van der Waals surface area contributed by atoms with Crippen LogP contribution < -0.4 is 15.0 Å². The number of hydrogen-bond donors (Lipinski definition) is 1. The molecule has 178 valence electrons. The highest BCUT2D eigenvalue weighted by molar-refractivity contribution is 14.1. The van der Waals surface area contributed by atoms with Crippen LogP contribution in [0.25, 0.3) is 6.08 Å². The number of benzene rings is 3. The van der Waals surface area contributed by atoms with Gasteiger partial charge in [0.05, 0.1) is 12.8 Å².